The molecule has 10 heteroatoms. The first kappa shape index (κ1) is 25.6. The number of carbonyl (C=O) groups excluding carboxylic acids is 2. The third-order valence-corrected chi connectivity index (χ3v) is 9.44. The van der Waals surface area contributed by atoms with Crippen LogP contribution in [0.25, 0.3) is 0 Å². The lowest BCUT2D eigenvalue weighted by atomic mass is 9.86. The molecule has 2 aromatic rings. The van der Waals surface area contributed by atoms with Gasteiger partial charge in [0.1, 0.15) is 11.5 Å². The number of hydrogen-bond acceptors (Lipinski definition) is 7. The van der Waals surface area contributed by atoms with Gasteiger partial charge in [0.05, 0.1) is 16.3 Å². The Hall–Kier alpha value is -3.68. The summed E-state index contributed by atoms with van der Waals surface area (Å²) in [5, 5.41) is 21.6. The fourth-order valence-electron chi connectivity index (χ4n) is 6.21. The number of rotatable bonds is 6. The van der Waals surface area contributed by atoms with Gasteiger partial charge in [-0.1, -0.05) is 30.0 Å². The minimum atomic E-state index is -0.206. The lowest BCUT2D eigenvalue weighted by Crippen LogP contribution is -2.62. The topological polar surface area (TPSA) is 119 Å². The molecule has 4 N–H and O–H groups in total. The lowest BCUT2D eigenvalue weighted by Gasteiger charge is -2.46. The van der Waals surface area contributed by atoms with Gasteiger partial charge in [0, 0.05) is 29.4 Å². The van der Waals surface area contributed by atoms with Crippen molar-refractivity contribution in [2.45, 2.75) is 62.5 Å². The Morgan fingerprint density at radius 3 is 2.59 bits per heavy atom. The highest BCUT2D eigenvalue weighted by atomic mass is 32.2. The van der Waals surface area contributed by atoms with Gasteiger partial charge in [0.15, 0.2) is 6.19 Å². The van der Waals surface area contributed by atoms with E-state index in [1.165, 1.54) is 11.8 Å². The number of ether oxygens (including phenoxy) is 1. The van der Waals surface area contributed by atoms with E-state index in [1.807, 2.05) is 66.5 Å². The molecule has 9 nitrogen and oxygen atoms in total. The van der Waals surface area contributed by atoms with E-state index in [0.717, 1.165) is 67.1 Å². The first-order chi connectivity index (χ1) is 19.0. The van der Waals surface area contributed by atoms with Crippen molar-refractivity contribution in [3.05, 3.63) is 64.7 Å². The van der Waals surface area contributed by atoms with Crippen LogP contribution in [0.15, 0.2) is 59.1 Å². The molecule has 3 amide bonds. The van der Waals surface area contributed by atoms with Crippen molar-refractivity contribution >= 4 is 29.4 Å². The number of nitrogens with zero attached hydrogens (tertiary/aromatic N) is 2. The Bertz CT molecular complexity index is 1330. The highest BCUT2D eigenvalue weighted by Gasteiger charge is 2.52. The summed E-state index contributed by atoms with van der Waals surface area (Å²) in [7, 11) is 0. The second kappa shape index (κ2) is 10.8. The fraction of sp³-hybridized carbons (Fsp3) is 0.414. The Balaban J connectivity index is 1.20. The van der Waals surface area contributed by atoms with Crippen LogP contribution in [-0.4, -0.2) is 42.0 Å². The van der Waals surface area contributed by atoms with Crippen molar-refractivity contribution < 1.29 is 14.3 Å². The summed E-state index contributed by atoms with van der Waals surface area (Å²) in [6.07, 6.45) is 6.18. The molecule has 2 aromatic carbocycles. The van der Waals surface area contributed by atoms with E-state index in [9.17, 15) is 9.59 Å². The number of benzene rings is 2. The summed E-state index contributed by atoms with van der Waals surface area (Å²) in [5.74, 6) is 1.36. The minimum Gasteiger partial charge on any atom is -0.457 e. The van der Waals surface area contributed by atoms with Crippen LogP contribution in [0.4, 0.5) is 10.5 Å². The average Bonchev–Trinajstić information content (AvgIpc) is 3.31. The maximum Gasteiger partial charge on any atom is 0.326 e. The largest absolute Gasteiger partial charge is 0.457 e. The first-order valence-electron chi connectivity index (χ1n) is 13.6. The highest BCUT2D eigenvalue weighted by molar-refractivity contribution is 8.04. The predicted octanol–water partition coefficient (Wildman–Crippen LogP) is 4.08. The van der Waals surface area contributed by atoms with E-state index in [-0.39, 0.29) is 41.4 Å². The number of anilines is 1. The van der Waals surface area contributed by atoms with Crippen LogP contribution in [0, 0.1) is 24.3 Å². The number of para-hydroxylation sites is 1. The molecule has 1 saturated carbocycles. The van der Waals surface area contributed by atoms with Crippen LogP contribution in [0.3, 0.4) is 0 Å². The number of carbonyl (C=O) groups is 2. The van der Waals surface area contributed by atoms with Gasteiger partial charge in [-0.15, -0.1) is 0 Å². The molecule has 2 saturated heterocycles. The van der Waals surface area contributed by atoms with Gasteiger partial charge in [-0.2, -0.15) is 5.26 Å². The third kappa shape index (κ3) is 5.04. The molecule has 0 radical (unpaired) electrons. The monoisotopic (exact) mass is 544 g/mol. The van der Waals surface area contributed by atoms with Crippen molar-refractivity contribution in [2.24, 2.45) is 5.92 Å². The zero-order valence-corrected chi connectivity index (χ0v) is 22.6. The molecule has 6 rings (SSSR count). The number of nitriles is 1. The number of amides is 3. The molecule has 39 heavy (non-hydrogen) atoms. The molecule has 0 spiro atoms. The molecule has 1 aliphatic carbocycles. The van der Waals surface area contributed by atoms with E-state index in [0.29, 0.717) is 4.91 Å². The molecule has 0 bridgehead atoms. The second-order valence-corrected chi connectivity index (χ2v) is 11.7. The van der Waals surface area contributed by atoms with Crippen molar-refractivity contribution in [3.8, 4) is 17.7 Å². The predicted molar refractivity (Wildman–Crippen MR) is 150 cm³/mol. The minimum absolute atomic E-state index is 0.00240. The van der Waals surface area contributed by atoms with E-state index < -0.39 is 0 Å². The molecule has 3 atom stereocenters. The van der Waals surface area contributed by atoms with Gasteiger partial charge in [-0.05, 0) is 81.5 Å². The van der Waals surface area contributed by atoms with Crippen LogP contribution in [0.2, 0.25) is 0 Å². The number of piperidine rings is 1. The van der Waals surface area contributed by atoms with Crippen molar-refractivity contribution in [3.63, 3.8) is 0 Å². The summed E-state index contributed by atoms with van der Waals surface area (Å²) in [4.78, 5) is 29.5. The zero-order chi connectivity index (χ0) is 26.9. The van der Waals surface area contributed by atoms with Gasteiger partial charge >= 0.3 is 6.03 Å². The third-order valence-electron chi connectivity index (χ3n) is 8.09. The summed E-state index contributed by atoms with van der Waals surface area (Å²) >= 11 is 1.52. The molecule has 4 aliphatic rings. The summed E-state index contributed by atoms with van der Waals surface area (Å²) in [6, 6.07) is 15.4. The molecule has 3 fully saturated rings. The lowest BCUT2D eigenvalue weighted by molar-refractivity contribution is -0.117. The summed E-state index contributed by atoms with van der Waals surface area (Å²) in [6.45, 7) is 2.77. The molecule has 202 valence electrons. The molecule has 3 unspecified atom stereocenters. The quantitative estimate of drug-likeness (QED) is 0.320. The average molecular weight is 545 g/mol. The van der Waals surface area contributed by atoms with E-state index in [2.05, 4.69) is 21.3 Å². The summed E-state index contributed by atoms with van der Waals surface area (Å²) in [5.41, 5.74) is 2.54. The van der Waals surface area contributed by atoms with Crippen molar-refractivity contribution in [2.75, 3.05) is 11.4 Å². The Labute approximate surface area is 232 Å². The van der Waals surface area contributed by atoms with Crippen LogP contribution in [0.1, 0.15) is 37.7 Å². The van der Waals surface area contributed by atoms with Gasteiger partial charge in [0.2, 0.25) is 0 Å². The van der Waals surface area contributed by atoms with Crippen LogP contribution in [-0.2, 0) is 4.79 Å². The normalized spacial score (nSPS) is 27.7. The number of urea groups is 1. The van der Waals surface area contributed by atoms with Crippen molar-refractivity contribution in [1.29, 1.82) is 5.26 Å². The van der Waals surface area contributed by atoms with Gasteiger partial charge in [0.25, 0.3) is 5.91 Å². The SMILES string of the molecule is Cc1cc(Oc2ccccc2)ccc1N1C(=O)NC2=C(C(=O)NC3CCC(NC#N)CC3)SC3NCCC1C23. The molecular weight excluding hydrogens is 512 g/mol. The van der Waals surface area contributed by atoms with Crippen molar-refractivity contribution in [1.82, 2.24) is 21.3 Å². The highest BCUT2D eigenvalue weighted by Crippen LogP contribution is 2.48. The van der Waals surface area contributed by atoms with Gasteiger partial charge in [-0.25, -0.2) is 4.79 Å². The van der Waals surface area contributed by atoms with Crippen LogP contribution in [0.5, 0.6) is 11.5 Å². The number of nitrogens with one attached hydrogen (secondary N) is 4. The Morgan fingerprint density at radius 2 is 1.85 bits per heavy atom. The molecule has 3 heterocycles. The van der Waals surface area contributed by atoms with Crippen LogP contribution >= 0.6 is 11.8 Å². The number of thioether (sulfide) groups is 1. The Kier molecular flexibility index (Phi) is 7.11. The first-order valence-corrected chi connectivity index (χ1v) is 14.4. The maximum atomic E-state index is 13.6. The fourth-order valence-corrected chi connectivity index (χ4v) is 7.61. The van der Waals surface area contributed by atoms with Gasteiger partial charge in [-0.3, -0.25) is 9.69 Å². The molecule has 0 aromatic heterocycles. The second-order valence-electron chi connectivity index (χ2n) is 10.6. The number of hydrogen-bond donors (Lipinski definition) is 4. The van der Waals surface area contributed by atoms with E-state index in [1.54, 1.807) is 0 Å². The number of aryl methyl sites for hydroxylation is 1. The van der Waals surface area contributed by atoms with E-state index >= 15 is 0 Å². The Morgan fingerprint density at radius 1 is 1.08 bits per heavy atom. The zero-order valence-electron chi connectivity index (χ0n) is 21.8. The smallest absolute Gasteiger partial charge is 0.326 e. The van der Waals surface area contributed by atoms with Crippen LogP contribution < -0.4 is 30.9 Å². The summed E-state index contributed by atoms with van der Waals surface area (Å²) < 4.78 is 6.00. The standard InChI is InChI=1S/C29H32N6O3S/c1-17-15-21(38-20-5-3-2-4-6-20)11-12-22(17)35-23-13-14-31-28-24(23)25(34-29(35)37)26(39-28)27(36)33-19-9-7-18(8-10-19)32-16-30/h2-6,11-12,15,18-19,23-24,28,31-32H,7-10,13-14H2,1H3,(H,33,36)(H,34,37). The molecular formula is C29H32N6O3S. The van der Waals surface area contributed by atoms with Gasteiger partial charge < -0.3 is 26.0 Å². The molecule has 3 aliphatic heterocycles. The van der Waals surface area contributed by atoms with E-state index in [4.69, 9.17) is 10.00 Å². The maximum absolute atomic E-state index is 13.6.